The first-order chi connectivity index (χ1) is 12.5. The molecule has 1 aliphatic carbocycles. The van der Waals surface area contributed by atoms with Gasteiger partial charge in [-0.15, -0.1) is 0 Å². The monoisotopic (exact) mass is 349 g/mol. The van der Waals surface area contributed by atoms with Crippen LogP contribution in [0.5, 0.6) is 0 Å². The van der Waals surface area contributed by atoms with Crippen molar-refractivity contribution in [3.8, 4) is 0 Å². The van der Waals surface area contributed by atoms with Crippen molar-refractivity contribution < 1.29 is 9.59 Å². The van der Waals surface area contributed by atoms with Gasteiger partial charge in [0.15, 0.2) is 0 Å². The van der Waals surface area contributed by atoms with E-state index in [4.69, 9.17) is 0 Å². The summed E-state index contributed by atoms with van der Waals surface area (Å²) < 4.78 is 0. The van der Waals surface area contributed by atoms with Crippen LogP contribution < -0.4 is 10.7 Å². The molecular weight excluding hydrogens is 326 g/mol. The molecule has 1 aliphatic rings. The zero-order valence-corrected chi connectivity index (χ0v) is 15.1. The fourth-order valence-electron chi connectivity index (χ4n) is 2.89. The molecule has 0 spiro atoms. The Balaban J connectivity index is 1.67. The predicted molar refractivity (Wildman–Crippen MR) is 103 cm³/mol. The lowest BCUT2D eigenvalue weighted by molar-refractivity contribution is -0.118. The first kappa shape index (κ1) is 17.9. The maximum absolute atomic E-state index is 12.3. The van der Waals surface area contributed by atoms with Crippen LogP contribution in [-0.4, -0.2) is 17.5 Å². The van der Waals surface area contributed by atoms with E-state index in [0.29, 0.717) is 11.3 Å². The molecule has 0 radical (unpaired) electrons. The molecule has 2 amide bonds. The van der Waals surface area contributed by atoms with Crippen LogP contribution in [0, 0.1) is 5.92 Å². The fraction of sp³-hybridized carbons (Fsp3) is 0.286. The highest BCUT2D eigenvalue weighted by Gasteiger charge is 2.15. The number of hydrazone groups is 1. The number of nitrogens with zero attached hydrogens (tertiary/aromatic N) is 1. The van der Waals surface area contributed by atoms with Gasteiger partial charge in [-0.25, -0.2) is 5.43 Å². The highest BCUT2D eigenvalue weighted by molar-refractivity contribution is 6.04. The van der Waals surface area contributed by atoms with Gasteiger partial charge in [-0.2, -0.15) is 5.10 Å². The van der Waals surface area contributed by atoms with Crippen LogP contribution in [0.4, 0.5) is 5.69 Å². The Kier molecular flexibility index (Phi) is 5.46. The molecule has 2 aromatic carbocycles. The number of fused-ring (bicyclic) bond motifs is 1. The number of aryl methyl sites for hydroxylation is 1. The van der Waals surface area contributed by atoms with E-state index in [-0.39, 0.29) is 17.7 Å². The third kappa shape index (κ3) is 4.17. The Labute approximate surface area is 153 Å². The lowest BCUT2D eigenvalue weighted by Gasteiger charge is -2.17. The Morgan fingerprint density at radius 3 is 2.46 bits per heavy atom. The van der Waals surface area contributed by atoms with Gasteiger partial charge in [0.1, 0.15) is 0 Å². The van der Waals surface area contributed by atoms with Crippen molar-refractivity contribution in [1.29, 1.82) is 0 Å². The number of hydrogen-bond donors (Lipinski definition) is 2. The van der Waals surface area contributed by atoms with Gasteiger partial charge in [0.25, 0.3) is 5.91 Å². The molecule has 26 heavy (non-hydrogen) atoms. The Morgan fingerprint density at radius 1 is 1.00 bits per heavy atom. The average Bonchev–Trinajstić information content (AvgIpc) is 2.66. The van der Waals surface area contributed by atoms with Crippen LogP contribution in [0.3, 0.4) is 0 Å². The van der Waals surface area contributed by atoms with Crippen LogP contribution in [0.25, 0.3) is 0 Å². The summed E-state index contributed by atoms with van der Waals surface area (Å²) in [6, 6.07) is 15.0. The van der Waals surface area contributed by atoms with Gasteiger partial charge >= 0.3 is 0 Å². The zero-order valence-electron chi connectivity index (χ0n) is 15.1. The summed E-state index contributed by atoms with van der Waals surface area (Å²) >= 11 is 0. The molecule has 5 nitrogen and oxygen atoms in total. The number of anilines is 1. The van der Waals surface area contributed by atoms with Gasteiger partial charge in [-0.1, -0.05) is 38.1 Å². The molecular formula is C21H23N3O2. The molecule has 0 atom stereocenters. The van der Waals surface area contributed by atoms with Crippen molar-refractivity contribution in [3.05, 3.63) is 65.2 Å². The highest BCUT2D eigenvalue weighted by atomic mass is 16.2. The number of carbonyl (C=O) groups excluding carboxylic acids is 2. The number of benzene rings is 2. The third-order valence-corrected chi connectivity index (χ3v) is 4.42. The van der Waals surface area contributed by atoms with Gasteiger partial charge in [0.2, 0.25) is 5.91 Å². The molecule has 2 aromatic rings. The Hall–Kier alpha value is -2.95. The topological polar surface area (TPSA) is 70.6 Å². The number of amides is 2. The highest BCUT2D eigenvalue weighted by Crippen LogP contribution is 2.21. The van der Waals surface area contributed by atoms with E-state index >= 15 is 0 Å². The SMILES string of the molecule is CC(C)C(=O)Nc1ccc(C(=O)NN=C2CCCc3ccccc32)cc1. The molecule has 0 aliphatic heterocycles. The van der Waals surface area contributed by atoms with Gasteiger partial charge in [-0.3, -0.25) is 9.59 Å². The molecule has 0 bridgehead atoms. The summed E-state index contributed by atoms with van der Waals surface area (Å²) in [4.78, 5) is 24.0. The smallest absolute Gasteiger partial charge is 0.271 e. The van der Waals surface area contributed by atoms with Crippen molar-refractivity contribution in [2.45, 2.75) is 33.1 Å². The van der Waals surface area contributed by atoms with E-state index < -0.39 is 0 Å². The van der Waals surface area contributed by atoms with Crippen LogP contribution in [0.1, 0.15) is 48.2 Å². The van der Waals surface area contributed by atoms with E-state index in [0.717, 1.165) is 30.5 Å². The molecule has 3 rings (SSSR count). The molecule has 5 heteroatoms. The Morgan fingerprint density at radius 2 is 1.73 bits per heavy atom. The minimum absolute atomic E-state index is 0.0513. The summed E-state index contributed by atoms with van der Waals surface area (Å²) in [6.07, 6.45) is 2.94. The predicted octanol–water partition coefficient (Wildman–Crippen LogP) is 3.75. The van der Waals surface area contributed by atoms with Crippen molar-refractivity contribution in [3.63, 3.8) is 0 Å². The van der Waals surface area contributed by atoms with Crippen molar-refractivity contribution in [1.82, 2.24) is 5.43 Å². The second-order valence-electron chi connectivity index (χ2n) is 6.73. The summed E-state index contributed by atoms with van der Waals surface area (Å²) in [5.41, 5.74) is 7.13. The largest absolute Gasteiger partial charge is 0.326 e. The lowest BCUT2D eigenvalue weighted by atomic mass is 9.90. The third-order valence-electron chi connectivity index (χ3n) is 4.42. The minimum atomic E-state index is -0.262. The molecule has 0 heterocycles. The number of nitrogens with one attached hydrogen (secondary N) is 2. The van der Waals surface area contributed by atoms with Gasteiger partial charge in [-0.05, 0) is 49.1 Å². The maximum Gasteiger partial charge on any atom is 0.271 e. The molecule has 0 unspecified atom stereocenters. The lowest BCUT2D eigenvalue weighted by Crippen LogP contribution is -2.22. The molecule has 0 fully saturated rings. The van der Waals surface area contributed by atoms with Crippen molar-refractivity contribution >= 4 is 23.2 Å². The normalized spacial score (nSPS) is 14.8. The van der Waals surface area contributed by atoms with Crippen LogP contribution in [-0.2, 0) is 11.2 Å². The van der Waals surface area contributed by atoms with Gasteiger partial charge in [0.05, 0.1) is 5.71 Å². The molecule has 0 saturated carbocycles. The zero-order chi connectivity index (χ0) is 18.5. The molecule has 2 N–H and O–H groups in total. The maximum atomic E-state index is 12.3. The quantitative estimate of drug-likeness (QED) is 0.825. The standard InChI is InChI=1S/C21H23N3O2/c1-14(2)20(25)22-17-12-10-16(11-13-17)21(26)24-23-19-9-5-7-15-6-3-4-8-18(15)19/h3-4,6,8,10-14H,5,7,9H2,1-2H3,(H,22,25)(H,24,26). The van der Waals surface area contributed by atoms with Gasteiger partial charge < -0.3 is 5.32 Å². The van der Waals surface area contributed by atoms with E-state index in [1.165, 1.54) is 5.56 Å². The molecule has 0 saturated heterocycles. The summed E-state index contributed by atoms with van der Waals surface area (Å²) in [5.74, 6) is -0.404. The van der Waals surface area contributed by atoms with Crippen molar-refractivity contribution in [2.75, 3.05) is 5.32 Å². The first-order valence-electron chi connectivity index (χ1n) is 8.90. The second kappa shape index (κ2) is 7.95. The fourth-order valence-corrected chi connectivity index (χ4v) is 2.89. The second-order valence-corrected chi connectivity index (χ2v) is 6.73. The summed E-state index contributed by atoms with van der Waals surface area (Å²) in [7, 11) is 0. The first-order valence-corrected chi connectivity index (χ1v) is 8.90. The minimum Gasteiger partial charge on any atom is -0.326 e. The summed E-state index contributed by atoms with van der Waals surface area (Å²) in [5, 5.41) is 7.15. The van der Waals surface area contributed by atoms with E-state index in [9.17, 15) is 9.59 Å². The number of rotatable bonds is 4. The van der Waals surface area contributed by atoms with Crippen LogP contribution in [0.15, 0.2) is 53.6 Å². The molecule has 134 valence electrons. The van der Waals surface area contributed by atoms with E-state index in [1.807, 2.05) is 32.0 Å². The van der Waals surface area contributed by atoms with Crippen LogP contribution in [0.2, 0.25) is 0 Å². The van der Waals surface area contributed by atoms with Gasteiger partial charge in [0, 0.05) is 22.7 Å². The average molecular weight is 349 g/mol. The molecule has 0 aromatic heterocycles. The summed E-state index contributed by atoms with van der Waals surface area (Å²) in [6.45, 7) is 3.67. The van der Waals surface area contributed by atoms with Crippen LogP contribution >= 0.6 is 0 Å². The van der Waals surface area contributed by atoms with E-state index in [1.54, 1.807) is 24.3 Å². The van der Waals surface area contributed by atoms with Crippen molar-refractivity contribution in [2.24, 2.45) is 11.0 Å². The Bertz CT molecular complexity index is 839. The number of hydrogen-bond acceptors (Lipinski definition) is 3. The number of carbonyl (C=O) groups is 2. The van der Waals surface area contributed by atoms with E-state index in [2.05, 4.69) is 21.9 Å².